The lowest BCUT2D eigenvalue weighted by Gasteiger charge is -2.45. The topological polar surface area (TPSA) is 12.5 Å². The zero-order valence-electron chi connectivity index (χ0n) is 13.6. The highest BCUT2D eigenvalue weighted by molar-refractivity contribution is 5.14. The predicted molar refractivity (Wildman–Crippen MR) is 82.6 cm³/mol. The Morgan fingerprint density at radius 1 is 0.619 bits per heavy atom. The van der Waals surface area contributed by atoms with Crippen LogP contribution in [0.3, 0.4) is 0 Å². The van der Waals surface area contributed by atoms with E-state index in [1.54, 1.807) is 19.3 Å². The molecule has 6 fully saturated rings. The lowest BCUT2D eigenvalue weighted by atomic mass is 9.59. The van der Waals surface area contributed by atoms with E-state index in [4.69, 9.17) is 4.74 Å². The summed E-state index contributed by atoms with van der Waals surface area (Å²) in [5.41, 5.74) is 0. The SMILES string of the molecule is CC1C(C)C2CC1C1C3CC(C4CCC5OC5C4)C(C3)C21. The van der Waals surface area contributed by atoms with Gasteiger partial charge in [-0.05, 0) is 97.7 Å². The van der Waals surface area contributed by atoms with Gasteiger partial charge < -0.3 is 4.74 Å². The molecule has 0 spiro atoms. The fourth-order valence-corrected chi connectivity index (χ4v) is 8.64. The summed E-state index contributed by atoms with van der Waals surface area (Å²) < 4.78 is 5.81. The lowest BCUT2D eigenvalue weighted by Crippen LogP contribution is -2.41. The Balaban J connectivity index is 1.27. The van der Waals surface area contributed by atoms with E-state index in [1.807, 2.05) is 0 Å². The first kappa shape index (κ1) is 12.4. The highest BCUT2D eigenvalue weighted by Crippen LogP contribution is 2.72. The Morgan fingerprint density at radius 2 is 1.38 bits per heavy atom. The summed E-state index contributed by atoms with van der Waals surface area (Å²) in [6.45, 7) is 5.15. The van der Waals surface area contributed by atoms with Gasteiger partial charge >= 0.3 is 0 Å². The molecule has 0 aromatic rings. The fourth-order valence-electron chi connectivity index (χ4n) is 8.64. The maximum Gasteiger partial charge on any atom is 0.0844 e. The number of ether oxygens (including phenoxy) is 1. The van der Waals surface area contributed by atoms with Gasteiger partial charge in [-0.1, -0.05) is 13.8 Å². The Hall–Kier alpha value is -0.0400. The molecule has 0 aromatic carbocycles. The predicted octanol–water partition coefficient (Wildman–Crippen LogP) is 4.36. The molecule has 0 N–H and O–H groups in total. The van der Waals surface area contributed by atoms with Crippen molar-refractivity contribution in [2.75, 3.05) is 0 Å². The summed E-state index contributed by atoms with van der Waals surface area (Å²) in [7, 11) is 0. The van der Waals surface area contributed by atoms with Gasteiger partial charge in [0.25, 0.3) is 0 Å². The molecule has 6 aliphatic rings. The van der Waals surface area contributed by atoms with Gasteiger partial charge in [0.2, 0.25) is 0 Å². The summed E-state index contributed by atoms with van der Waals surface area (Å²) >= 11 is 0. The first-order valence-corrected chi connectivity index (χ1v) is 9.88. The summed E-state index contributed by atoms with van der Waals surface area (Å²) in [6, 6.07) is 0. The molecule has 12 unspecified atom stereocenters. The molecule has 0 radical (unpaired) electrons. The van der Waals surface area contributed by atoms with Gasteiger partial charge in [0.15, 0.2) is 0 Å². The Labute approximate surface area is 129 Å². The van der Waals surface area contributed by atoms with Crippen LogP contribution in [0.25, 0.3) is 0 Å². The smallest absolute Gasteiger partial charge is 0.0844 e. The maximum atomic E-state index is 5.81. The third kappa shape index (κ3) is 1.44. The molecular formula is C20H30O. The van der Waals surface area contributed by atoms with E-state index in [2.05, 4.69) is 13.8 Å². The van der Waals surface area contributed by atoms with Gasteiger partial charge in [-0.15, -0.1) is 0 Å². The molecule has 12 atom stereocenters. The maximum absolute atomic E-state index is 5.81. The normalized spacial score (nSPS) is 70.0. The molecule has 6 rings (SSSR count). The van der Waals surface area contributed by atoms with Gasteiger partial charge in [0, 0.05) is 0 Å². The van der Waals surface area contributed by atoms with Crippen molar-refractivity contribution in [1.29, 1.82) is 0 Å². The molecule has 21 heavy (non-hydrogen) atoms. The molecule has 1 heteroatoms. The highest BCUT2D eigenvalue weighted by Gasteiger charge is 2.66. The first-order chi connectivity index (χ1) is 10.2. The van der Waals surface area contributed by atoms with Gasteiger partial charge in [0.1, 0.15) is 0 Å². The van der Waals surface area contributed by atoms with Crippen LogP contribution in [0.4, 0.5) is 0 Å². The van der Waals surface area contributed by atoms with Crippen LogP contribution in [0.15, 0.2) is 0 Å². The van der Waals surface area contributed by atoms with E-state index in [9.17, 15) is 0 Å². The summed E-state index contributed by atoms with van der Waals surface area (Å²) in [5.74, 6) is 11.0. The van der Waals surface area contributed by atoms with Crippen molar-refractivity contribution in [3.05, 3.63) is 0 Å². The Kier molecular flexibility index (Phi) is 2.29. The summed E-state index contributed by atoms with van der Waals surface area (Å²) in [4.78, 5) is 0. The van der Waals surface area contributed by atoms with Crippen molar-refractivity contribution in [2.45, 2.75) is 64.6 Å². The monoisotopic (exact) mass is 286 g/mol. The molecule has 1 nitrogen and oxygen atoms in total. The van der Waals surface area contributed by atoms with Crippen molar-refractivity contribution in [3.8, 4) is 0 Å². The minimum Gasteiger partial charge on any atom is -0.370 e. The van der Waals surface area contributed by atoms with Crippen LogP contribution in [0.1, 0.15) is 52.4 Å². The standard InChI is InChI=1S/C20H30O/c1-9-10(2)14-8-13(9)19-12-5-15(16(6-12)20(14)19)11-3-4-17-18(7-11)21-17/h9-20H,3-8H2,1-2H3. The van der Waals surface area contributed by atoms with E-state index >= 15 is 0 Å². The molecule has 116 valence electrons. The van der Waals surface area contributed by atoms with Gasteiger partial charge in [-0.3, -0.25) is 0 Å². The molecule has 0 amide bonds. The van der Waals surface area contributed by atoms with Gasteiger partial charge in [0.05, 0.1) is 12.2 Å². The van der Waals surface area contributed by atoms with Crippen LogP contribution >= 0.6 is 0 Å². The van der Waals surface area contributed by atoms with Crippen LogP contribution in [-0.4, -0.2) is 12.2 Å². The van der Waals surface area contributed by atoms with E-state index in [0.717, 1.165) is 59.2 Å². The molecule has 1 aliphatic heterocycles. The van der Waals surface area contributed by atoms with Crippen molar-refractivity contribution < 1.29 is 4.74 Å². The molecular weight excluding hydrogens is 256 g/mol. The third-order valence-corrected chi connectivity index (χ3v) is 9.55. The number of hydrogen-bond donors (Lipinski definition) is 0. The quantitative estimate of drug-likeness (QED) is 0.515. The third-order valence-electron chi connectivity index (χ3n) is 9.55. The molecule has 5 saturated carbocycles. The summed E-state index contributed by atoms with van der Waals surface area (Å²) in [6.07, 6.45) is 10.5. The van der Waals surface area contributed by atoms with Crippen LogP contribution in [0.5, 0.6) is 0 Å². The zero-order valence-corrected chi connectivity index (χ0v) is 13.6. The van der Waals surface area contributed by atoms with E-state index < -0.39 is 0 Å². The molecule has 4 bridgehead atoms. The molecule has 0 aromatic heterocycles. The summed E-state index contributed by atoms with van der Waals surface area (Å²) in [5, 5.41) is 0. The molecule has 1 saturated heterocycles. The minimum absolute atomic E-state index is 0.691. The van der Waals surface area contributed by atoms with Crippen molar-refractivity contribution in [1.82, 2.24) is 0 Å². The Bertz CT molecular complexity index is 472. The second-order valence-corrected chi connectivity index (χ2v) is 9.78. The fraction of sp³-hybridized carbons (Fsp3) is 1.00. The van der Waals surface area contributed by atoms with E-state index in [-0.39, 0.29) is 0 Å². The van der Waals surface area contributed by atoms with Crippen LogP contribution in [-0.2, 0) is 4.74 Å². The number of rotatable bonds is 1. The molecule has 1 heterocycles. The van der Waals surface area contributed by atoms with Crippen LogP contribution < -0.4 is 0 Å². The molecule has 5 aliphatic carbocycles. The highest BCUT2D eigenvalue weighted by atomic mass is 16.6. The van der Waals surface area contributed by atoms with E-state index in [1.165, 1.54) is 19.3 Å². The largest absolute Gasteiger partial charge is 0.370 e. The average Bonchev–Trinajstić information content (AvgIpc) is 2.81. The first-order valence-electron chi connectivity index (χ1n) is 9.88. The minimum atomic E-state index is 0.691. The van der Waals surface area contributed by atoms with Gasteiger partial charge in [-0.2, -0.15) is 0 Å². The van der Waals surface area contributed by atoms with Crippen LogP contribution in [0, 0.1) is 59.2 Å². The second kappa shape index (κ2) is 3.89. The van der Waals surface area contributed by atoms with Crippen molar-refractivity contribution in [3.63, 3.8) is 0 Å². The number of epoxide rings is 1. The second-order valence-electron chi connectivity index (χ2n) is 9.78. The number of hydrogen-bond acceptors (Lipinski definition) is 1. The van der Waals surface area contributed by atoms with Gasteiger partial charge in [-0.25, -0.2) is 0 Å². The van der Waals surface area contributed by atoms with Crippen molar-refractivity contribution >= 4 is 0 Å². The number of fused-ring (bicyclic) bond motifs is 10. The lowest BCUT2D eigenvalue weighted by molar-refractivity contribution is 0.0243. The van der Waals surface area contributed by atoms with Crippen molar-refractivity contribution in [2.24, 2.45) is 59.2 Å². The van der Waals surface area contributed by atoms with E-state index in [0.29, 0.717) is 12.2 Å². The Morgan fingerprint density at radius 3 is 2.19 bits per heavy atom. The average molecular weight is 286 g/mol. The zero-order chi connectivity index (χ0) is 13.9. The van der Waals surface area contributed by atoms with Crippen LogP contribution in [0.2, 0.25) is 0 Å².